The Morgan fingerprint density at radius 2 is 1.96 bits per heavy atom. The molecule has 0 aliphatic heterocycles. The van der Waals surface area contributed by atoms with Gasteiger partial charge in [-0.2, -0.15) is 0 Å². The first kappa shape index (κ1) is 16.3. The molecule has 120 valence electrons. The minimum absolute atomic E-state index is 0.0631. The highest BCUT2D eigenvalue weighted by Gasteiger charge is 2.24. The summed E-state index contributed by atoms with van der Waals surface area (Å²) in [5.41, 5.74) is 0.925. The van der Waals surface area contributed by atoms with Gasteiger partial charge in [-0.25, -0.2) is 14.8 Å². The van der Waals surface area contributed by atoms with E-state index in [-0.39, 0.29) is 22.9 Å². The number of aliphatic carboxylic acids is 1. The van der Waals surface area contributed by atoms with Crippen LogP contribution in [0.15, 0.2) is 36.9 Å². The predicted molar refractivity (Wildman–Crippen MR) is 82.5 cm³/mol. The maximum absolute atomic E-state index is 11.5. The monoisotopic (exact) mass is 316 g/mol. The van der Waals surface area contributed by atoms with E-state index < -0.39 is 5.97 Å². The number of aryl methyl sites for hydroxylation is 1. The summed E-state index contributed by atoms with van der Waals surface area (Å²) in [6.45, 7) is 1.92. The van der Waals surface area contributed by atoms with Crippen LogP contribution >= 0.6 is 0 Å². The molecule has 1 aromatic carbocycles. The molecule has 23 heavy (non-hydrogen) atoms. The SMILES string of the molecule is COC=C(C(=O)O)c1c(OC)ncnc1Oc1cccc(C)c1. The van der Waals surface area contributed by atoms with Crippen molar-refractivity contribution in [3.63, 3.8) is 0 Å². The number of carboxylic acid groups (broad SMARTS) is 1. The summed E-state index contributed by atoms with van der Waals surface area (Å²) in [7, 11) is 2.73. The van der Waals surface area contributed by atoms with Crippen LogP contribution in [0.2, 0.25) is 0 Å². The Labute approximate surface area is 133 Å². The number of ether oxygens (including phenoxy) is 3. The first-order valence-electron chi connectivity index (χ1n) is 6.67. The summed E-state index contributed by atoms with van der Waals surface area (Å²) in [6, 6.07) is 7.29. The van der Waals surface area contributed by atoms with E-state index in [2.05, 4.69) is 9.97 Å². The molecule has 0 aliphatic carbocycles. The van der Waals surface area contributed by atoms with Crippen LogP contribution < -0.4 is 9.47 Å². The van der Waals surface area contributed by atoms with Crippen LogP contribution in [0.25, 0.3) is 5.57 Å². The fraction of sp³-hybridized carbons (Fsp3) is 0.188. The summed E-state index contributed by atoms with van der Waals surface area (Å²) in [5.74, 6) is -0.551. The lowest BCUT2D eigenvalue weighted by molar-refractivity contribution is -0.130. The average molecular weight is 316 g/mol. The number of aromatic nitrogens is 2. The van der Waals surface area contributed by atoms with Crippen molar-refractivity contribution in [2.75, 3.05) is 14.2 Å². The summed E-state index contributed by atoms with van der Waals surface area (Å²) >= 11 is 0. The van der Waals surface area contributed by atoms with E-state index >= 15 is 0 Å². The zero-order valence-electron chi connectivity index (χ0n) is 12.9. The number of benzene rings is 1. The first-order valence-corrected chi connectivity index (χ1v) is 6.67. The molecule has 7 nitrogen and oxygen atoms in total. The Bertz CT molecular complexity index is 743. The molecule has 0 spiro atoms. The Hall–Kier alpha value is -3.09. The molecule has 1 heterocycles. The predicted octanol–water partition coefficient (Wildman–Crippen LogP) is 2.66. The van der Waals surface area contributed by atoms with E-state index in [1.54, 1.807) is 12.1 Å². The normalized spacial score (nSPS) is 11.0. The molecule has 2 aromatic rings. The summed E-state index contributed by atoms with van der Waals surface area (Å²) in [4.78, 5) is 19.5. The van der Waals surface area contributed by atoms with Crippen molar-refractivity contribution in [3.05, 3.63) is 48.0 Å². The quantitative estimate of drug-likeness (QED) is 0.647. The van der Waals surface area contributed by atoms with Crippen molar-refractivity contribution in [2.45, 2.75) is 6.92 Å². The molecule has 0 bridgehead atoms. The summed E-state index contributed by atoms with van der Waals surface area (Å²) in [5, 5.41) is 9.40. The zero-order valence-corrected chi connectivity index (χ0v) is 12.9. The second kappa shape index (κ2) is 7.26. The lowest BCUT2D eigenvalue weighted by atomic mass is 10.1. The standard InChI is InChI=1S/C16H16N2O5/c1-10-5-4-6-11(7-10)23-15-13(12(8-21-2)16(19)20)14(22-3)17-9-18-15/h4-9H,1-3H3,(H,19,20). The molecular formula is C16H16N2O5. The minimum atomic E-state index is -1.21. The van der Waals surface area contributed by atoms with Gasteiger partial charge in [0.2, 0.25) is 11.8 Å². The third kappa shape index (κ3) is 3.76. The van der Waals surface area contributed by atoms with Gasteiger partial charge < -0.3 is 19.3 Å². The van der Waals surface area contributed by atoms with Gasteiger partial charge in [-0.3, -0.25) is 0 Å². The molecule has 0 amide bonds. The van der Waals surface area contributed by atoms with Gasteiger partial charge >= 0.3 is 5.97 Å². The van der Waals surface area contributed by atoms with Gasteiger partial charge in [0.15, 0.2) is 0 Å². The van der Waals surface area contributed by atoms with Gasteiger partial charge in [-0.15, -0.1) is 0 Å². The number of hydrogen-bond donors (Lipinski definition) is 1. The van der Waals surface area contributed by atoms with E-state index in [9.17, 15) is 9.90 Å². The number of methoxy groups -OCH3 is 2. The molecular weight excluding hydrogens is 300 g/mol. The van der Waals surface area contributed by atoms with Crippen molar-refractivity contribution in [2.24, 2.45) is 0 Å². The van der Waals surface area contributed by atoms with Crippen molar-refractivity contribution in [1.82, 2.24) is 9.97 Å². The van der Waals surface area contributed by atoms with Crippen LogP contribution in [0.1, 0.15) is 11.1 Å². The average Bonchev–Trinajstić information content (AvgIpc) is 2.52. The Balaban J connectivity index is 2.55. The maximum Gasteiger partial charge on any atom is 0.339 e. The molecule has 0 saturated heterocycles. The van der Waals surface area contributed by atoms with Crippen LogP contribution in [0.4, 0.5) is 0 Å². The number of carboxylic acids is 1. The molecule has 2 rings (SSSR count). The molecule has 1 N–H and O–H groups in total. The number of nitrogens with zero attached hydrogens (tertiary/aromatic N) is 2. The van der Waals surface area contributed by atoms with Crippen molar-refractivity contribution in [3.8, 4) is 17.5 Å². The van der Waals surface area contributed by atoms with E-state index in [0.29, 0.717) is 5.75 Å². The molecule has 7 heteroatoms. The van der Waals surface area contributed by atoms with E-state index in [1.165, 1.54) is 20.5 Å². The number of rotatable bonds is 6. The molecule has 0 saturated carbocycles. The fourth-order valence-electron chi connectivity index (χ4n) is 1.94. The van der Waals surface area contributed by atoms with Gasteiger partial charge in [-0.05, 0) is 24.6 Å². The lowest BCUT2D eigenvalue weighted by Crippen LogP contribution is -2.07. The smallest absolute Gasteiger partial charge is 0.339 e. The highest BCUT2D eigenvalue weighted by molar-refractivity contribution is 6.16. The van der Waals surface area contributed by atoms with Gasteiger partial charge in [0.1, 0.15) is 23.2 Å². The molecule has 0 radical (unpaired) electrons. The lowest BCUT2D eigenvalue weighted by Gasteiger charge is -2.13. The van der Waals surface area contributed by atoms with Crippen LogP contribution in [-0.2, 0) is 9.53 Å². The molecule has 0 unspecified atom stereocenters. The highest BCUT2D eigenvalue weighted by atomic mass is 16.5. The van der Waals surface area contributed by atoms with Crippen molar-refractivity contribution in [1.29, 1.82) is 0 Å². The van der Waals surface area contributed by atoms with Gasteiger partial charge in [-0.1, -0.05) is 12.1 Å². The minimum Gasteiger partial charge on any atom is -0.503 e. The summed E-state index contributed by atoms with van der Waals surface area (Å²) in [6.07, 6.45) is 2.31. The molecule has 0 fully saturated rings. The van der Waals surface area contributed by atoms with Gasteiger partial charge in [0.25, 0.3) is 0 Å². The van der Waals surface area contributed by atoms with Crippen molar-refractivity contribution >= 4 is 11.5 Å². The first-order chi connectivity index (χ1) is 11.1. The Morgan fingerprint density at radius 3 is 2.57 bits per heavy atom. The van der Waals surface area contributed by atoms with E-state index in [4.69, 9.17) is 14.2 Å². The van der Waals surface area contributed by atoms with E-state index in [1.807, 2.05) is 19.1 Å². The summed E-state index contributed by atoms with van der Waals surface area (Å²) < 4.78 is 15.7. The Kier molecular flexibility index (Phi) is 5.14. The van der Waals surface area contributed by atoms with Gasteiger partial charge in [0.05, 0.1) is 20.5 Å². The zero-order chi connectivity index (χ0) is 16.8. The fourth-order valence-corrected chi connectivity index (χ4v) is 1.94. The third-order valence-corrected chi connectivity index (χ3v) is 2.91. The largest absolute Gasteiger partial charge is 0.503 e. The van der Waals surface area contributed by atoms with Crippen LogP contribution in [0.3, 0.4) is 0 Å². The second-order valence-electron chi connectivity index (χ2n) is 4.55. The maximum atomic E-state index is 11.5. The topological polar surface area (TPSA) is 90.8 Å². The molecule has 0 aliphatic rings. The highest BCUT2D eigenvalue weighted by Crippen LogP contribution is 2.34. The van der Waals surface area contributed by atoms with Gasteiger partial charge in [0, 0.05) is 0 Å². The van der Waals surface area contributed by atoms with Crippen molar-refractivity contribution < 1.29 is 24.1 Å². The third-order valence-electron chi connectivity index (χ3n) is 2.91. The molecule has 1 aromatic heterocycles. The Morgan fingerprint density at radius 1 is 1.22 bits per heavy atom. The number of carbonyl (C=O) groups is 1. The van der Waals surface area contributed by atoms with E-state index in [0.717, 1.165) is 11.8 Å². The molecule has 0 atom stereocenters. The number of hydrogen-bond acceptors (Lipinski definition) is 6. The van der Waals surface area contributed by atoms with Crippen LogP contribution in [0, 0.1) is 6.92 Å². The second-order valence-corrected chi connectivity index (χ2v) is 4.55. The van der Waals surface area contributed by atoms with Crippen LogP contribution in [-0.4, -0.2) is 35.3 Å². The van der Waals surface area contributed by atoms with Crippen LogP contribution in [0.5, 0.6) is 17.5 Å².